The first-order valence-corrected chi connectivity index (χ1v) is 11.5. The third-order valence-electron chi connectivity index (χ3n) is 5.67. The van der Waals surface area contributed by atoms with Crippen LogP contribution in [-0.4, -0.2) is 41.8 Å². The molecule has 0 bridgehead atoms. The van der Waals surface area contributed by atoms with E-state index in [9.17, 15) is 14.4 Å². The van der Waals surface area contributed by atoms with Crippen molar-refractivity contribution in [2.45, 2.75) is 57.5 Å². The van der Waals surface area contributed by atoms with Crippen LogP contribution in [0.15, 0.2) is 47.1 Å². The highest BCUT2D eigenvalue weighted by Crippen LogP contribution is 2.26. The number of halogens is 1. The van der Waals surface area contributed by atoms with Crippen molar-refractivity contribution in [2.24, 2.45) is 0 Å². The van der Waals surface area contributed by atoms with E-state index in [0.29, 0.717) is 17.1 Å². The van der Waals surface area contributed by atoms with Gasteiger partial charge in [-0.15, -0.1) is 0 Å². The molecule has 1 unspecified atom stereocenters. The summed E-state index contributed by atoms with van der Waals surface area (Å²) in [7, 11) is 0. The molecule has 0 aliphatic heterocycles. The zero-order valence-corrected chi connectivity index (χ0v) is 19.1. The van der Waals surface area contributed by atoms with Crippen molar-refractivity contribution in [1.82, 2.24) is 15.5 Å². The Bertz CT molecular complexity index is 892. The first-order chi connectivity index (χ1) is 15.5. The minimum Gasteiger partial charge on any atom is -0.459 e. The fraction of sp³-hybridized carbons (Fsp3) is 0.458. The molecule has 1 aromatic heterocycles. The lowest BCUT2D eigenvalue weighted by Gasteiger charge is -2.32. The fourth-order valence-electron chi connectivity index (χ4n) is 3.95. The monoisotopic (exact) mass is 459 g/mol. The Hall–Kier alpha value is -2.80. The minimum absolute atomic E-state index is 0.124. The molecule has 1 aromatic carbocycles. The van der Waals surface area contributed by atoms with Crippen LogP contribution in [0, 0.1) is 0 Å². The Morgan fingerprint density at radius 1 is 1.16 bits per heavy atom. The molecule has 2 aromatic rings. The van der Waals surface area contributed by atoms with E-state index >= 15 is 0 Å². The van der Waals surface area contributed by atoms with Crippen molar-refractivity contribution >= 4 is 29.3 Å². The number of nitrogens with zero attached hydrogens (tertiary/aromatic N) is 1. The second-order valence-corrected chi connectivity index (χ2v) is 8.48. The molecule has 0 spiro atoms. The highest BCUT2D eigenvalue weighted by molar-refractivity contribution is 6.30. The predicted octanol–water partition coefficient (Wildman–Crippen LogP) is 4.09. The Kier molecular flexibility index (Phi) is 8.73. The van der Waals surface area contributed by atoms with E-state index in [2.05, 4.69) is 10.6 Å². The van der Waals surface area contributed by atoms with Crippen LogP contribution >= 0.6 is 11.6 Å². The lowest BCUT2D eigenvalue weighted by molar-refractivity contribution is -0.140. The molecule has 2 N–H and O–H groups in total. The number of furan rings is 1. The fourth-order valence-corrected chi connectivity index (χ4v) is 4.07. The topological polar surface area (TPSA) is 91.7 Å². The molecule has 172 valence electrons. The lowest BCUT2D eigenvalue weighted by Crippen LogP contribution is -2.49. The smallest absolute Gasteiger partial charge is 0.287 e. The van der Waals surface area contributed by atoms with Crippen LogP contribution in [0.5, 0.6) is 0 Å². The number of unbranched alkanes of at least 4 members (excludes halogenated alkanes) is 1. The summed E-state index contributed by atoms with van der Waals surface area (Å²) in [6, 6.07) is 9.44. The first kappa shape index (κ1) is 23.9. The number of amides is 3. The minimum atomic E-state index is -0.799. The molecule has 1 heterocycles. The molecule has 7 nitrogen and oxygen atoms in total. The Labute approximate surface area is 193 Å². The van der Waals surface area contributed by atoms with Gasteiger partial charge in [0.2, 0.25) is 11.8 Å². The van der Waals surface area contributed by atoms with E-state index in [4.69, 9.17) is 16.0 Å². The van der Waals surface area contributed by atoms with Gasteiger partial charge in [-0.25, -0.2) is 0 Å². The van der Waals surface area contributed by atoms with Crippen molar-refractivity contribution in [2.75, 3.05) is 13.1 Å². The number of rotatable bonds is 10. The molecule has 1 aliphatic rings. The molecular weight excluding hydrogens is 430 g/mol. The lowest BCUT2D eigenvalue weighted by atomic mass is 10.0. The Balaban J connectivity index is 1.81. The molecular formula is C24H30ClN3O4. The SMILES string of the molecule is CCCCN(C(=O)CNC(=O)c1ccco1)C(C(=O)NC1CCCC1)c1ccc(Cl)cc1. The van der Waals surface area contributed by atoms with Crippen molar-refractivity contribution < 1.29 is 18.8 Å². The Morgan fingerprint density at radius 3 is 2.50 bits per heavy atom. The van der Waals surface area contributed by atoms with Gasteiger partial charge in [0.15, 0.2) is 5.76 Å². The van der Waals surface area contributed by atoms with E-state index in [1.54, 1.807) is 35.2 Å². The predicted molar refractivity (Wildman–Crippen MR) is 122 cm³/mol. The maximum absolute atomic E-state index is 13.4. The summed E-state index contributed by atoms with van der Waals surface area (Å²) in [5.41, 5.74) is 0.687. The molecule has 1 saturated carbocycles. The number of hydrogen-bond donors (Lipinski definition) is 2. The van der Waals surface area contributed by atoms with E-state index in [1.165, 1.54) is 12.3 Å². The van der Waals surface area contributed by atoms with Gasteiger partial charge in [-0.2, -0.15) is 0 Å². The summed E-state index contributed by atoms with van der Waals surface area (Å²) in [4.78, 5) is 40.4. The number of carbonyl (C=O) groups is 3. The third-order valence-corrected chi connectivity index (χ3v) is 5.92. The standard InChI is InChI=1S/C24H30ClN3O4/c1-2-3-14-28(21(29)16-26-23(30)20-9-6-15-32-20)22(17-10-12-18(25)13-11-17)24(31)27-19-7-4-5-8-19/h6,9-13,15,19,22H,2-5,7-8,14,16H2,1H3,(H,26,30)(H,27,31). The van der Waals surface area contributed by atoms with Gasteiger partial charge in [0.05, 0.1) is 12.8 Å². The zero-order valence-electron chi connectivity index (χ0n) is 18.3. The molecule has 32 heavy (non-hydrogen) atoms. The van der Waals surface area contributed by atoms with Gasteiger partial charge in [-0.05, 0) is 49.1 Å². The van der Waals surface area contributed by atoms with Gasteiger partial charge in [0.25, 0.3) is 5.91 Å². The molecule has 0 saturated heterocycles. The van der Waals surface area contributed by atoms with Crippen LogP contribution in [0.1, 0.15) is 67.6 Å². The van der Waals surface area contributed by atoms with Gasteiger partial charge in [-0.1, -0.05) is 49.9 Å². The van der Waals surface area contributed by atoms with Gasteiger partial charge in [-0.3, -0.25) is 14.4 Å². The van der Waals surface area contributed by atoms with Gasteiger partial charge in [0, 0.05) is 17.6 Å². The summed E-state index contributed by atoms with van der Waals surface area (Å²) in [5, 5.41) is 6.27. The summed E-state index contributed by atoms with van der Waals surface area (Å²) in [5.74, 6) is -0.885. The average Bonchev–Trinajstić information content (AvgIpc) is 3.50. The highest BCUT2D eigenvalue weighted by atomic mass is 35.5. The van der Waals surface area contributed by atoms with E-state index in [0.717, 1.165) is 38.5 Å². The third kappa shape index (κ3) is 6.36. The molecule has 1 fully saturated rings. The van der Waals surface area contributed by atoms with Crippen molar-refractivity contribution in [3.8, 4) is 0 Å². The van der Waals surface area contributed by atoms with Crippen molar-refractivity contribution in [1.29, 1.82) is 0 Å². The summed E-state index contributed by atoms with van der Waals surface area (Å²) in [6.07, 6.45) is 7.07. The largest absolute Gasteiger partial charge is 0.459 e. The second kappa shape index (κ2) is 11.7. The zero-order chi connectivity index (χ0) is 22.9. The van der Waals surface area contributed by atoms with Gasteiger partial charge in [0.1, 0.15) is 6.04 Å². The molecule has 3 amide bonds. The van der Waals surface area contributed by atoms with Crippen molar-refractivity contribution in [3.63, 3.8) is 0 Å². The van der Waals surface area contributed by atoms with E-state index < -0.39 is 11.9 Å². The second-order valence-electron chi connectivity index (χ2n) is 8.04. The highest BCUT2D eigenvalue weighted by Gasteiger charge is 2.33. The van der Waals surface area contributed by atoms with Crippen LogP contribution < -0.4 is 10.6 Å². The number of benzene rings is 1. The molecule has 0 radical (unpaired) electrons. The van der Waals surface area contributed by atoms with Gasteiger partial charge >= 0.3 is 0 Å². The quantitative estimate of drug-likeness (QED) is 0.559. The molecule has 1 aliphatic carbocycles. The van der Waals surface area contributed by atoms with Crippen LogP contribution in [0.25, 0.3) is 0 Å². The number of nitrogens with one attached hydrogen (secondary N) is 2. The van der Waals surface area contributed by atoms with Crippen LogP contribution in [0.2, 0.25) is 5.02 Å². The molecule has 1 atom stereocenters. The number of hydrogen-bond acceptors (Lipinski definition) is 4. The molecule has 3 rings (SSSR count). The first-order valence-electron chi connectivity index (χ1n) is 11.2. The Morgan fingerprint density at radius 2 is 1.88 bits per heavy atom. The average molecular weight is 460 g/mol. The van der Waals surface area contributed by atoms with E-state index in [1.807, 2.05) is 6.92 Å². The van der Waals surface area contributed by atoms with Crippen LogP contribution in [-0.2, 0) is 9.59 Å². The van der Waals surface area contributed by atoms with Crippen LogP contribution in [0.4, 0.5) is 0 Å². The summed E-state index contributed by atoms with van der Waals surface area (Å²) in [6.45, 7) is 2.19. The van der Waals surface area contributed by atoms with E-state index in [-0.39, 0.29) is 30.2 Å². The molecule has 8 heteroatoms. The number of carbonyl (C=O) groups excluding carboxylic acids is 3. The van der Waals surface area contributed by atoms with Crippen LogP contribution in [0.3, 0.4) is 0 Å². The summed E-state index contributed by atoms with van der Waals surface area (Å²) >= 11 is 6.06. The maximum atomic E-state index is 13.4. The normalized spacial score (nSPS) is 14.7. The van der Waals surface area contributed by atoms with Crippen molar-refractivity contribution in [3.05, 3.63) is 59.0 Å². The summed E-state index contributed by atoms with van der Waals surface area (Å²) < 4.78 is 5.08. The van der Waals surface area contributed by atoms with Gasteiger partial charge < -0.3 is 20.0 Å². The maximum Gasteiger partial charge on any atom is 0.287 e.